The van der Waals surface area contributed by atoms with Crippen LogP contribution in [0.15, 0.2) is 12.2 Å². The zero-order chi connectivity index (χ0) is 86.1. The zero-order valence-electron chi connectivity index (χ0n) is 74.0. The van der Waals surface area contributed by atoms with Crippen molar-refractivity contribution in [3.63, 3.8) is 0 Å². The second-order valence-electron chi connectivity index (χ2n) is 34.2. The van der Waals surface area contributed by atoms with E-state index in [1.807, 2.05) is 0 Å². The van der Waals surface area contributed by atoms with Crippen LogP contribution < -0.4 is 0 Å². The molecule has 3 rings (SSSR count). The van der Waals surface area contributed by atoms with Gasteiger partial charge in [-0.05, 0) is 51.4 Å². The number of ether oxygens (including phenoxy) is 8. The number of allylic oxidation sites excluding steroid dienone is 2. The molecule has 694 valence electrons. The fraction of sp³-hybridized carbons (Fsp3) is 0.935. The largest absolute Gasteiger partial charge is 0.472 e. The summed E-state index contributed by atoms with van der Waals surface area (Å²) in [6, 6.07) is 0. The monoisotopic (exact) mass is 1710 g/mol. The lowest BCUT2D eigenvalue weighted by Gasteiger charge is -2.50. The van der Waals surface area contributed by atoms with Crippen LogP contribution in [0.3, 0.4) is 0 Å². The highest BCUT2D eigenvalue weighted by molar-refractivity contribution is 7.47. The van der Waals surface area contributed by atoms with Crippen molar-refractivity contribution in [1.82, 2.24) is 0 Å². The molecule has 3 fully saturated rings. The highest BCUT2D eigenvalue weighted by atomic mass is 31.2. The van der Waals surface area contributed by atoms with E-state index in [1.54, 1.807) is 0 Å². The molecular formula is C92H171O25P. The number of hydrogen-bond acceptors (Lipinski definition) is 24. The van der Waals surface area contributed by atoms with Crippen LogP contribution in [-0.2, 0) is 70.7 Å². The molecule has 26 heteroatoms. The van der Waals surface area contributed by atoms with Crippen LogP contribution in [0.5, 0.6) is 0 Å². The first kappa shape index (κ1) is 109. The van der Waals surface area contributed by atoms with E-state index < -0.39 is 162 Å². The van der Waals surface area contributed by atoms with Crippen LogP contribution >= 0.6 is 7.82 Å². The van der Waals surface area contributed by atoms with Crippen molar-refractivity contribution < 1.29 is 122 Å². The van der Waals surface area contributed by atoms with Crippen LogP contribution in [0.4, 0.5) is 0 Å². The molecule has 25 nitrogen and oxygen atoms in total. The summed E-state index contributed by atoms with van der Waals surface area (Å²) in [6.07, 6.45) is 30.4. The van der Waals surface area contributed by atoms with Gasteiger partial charge in [0.25, 0.3) is 0 Å². The quantitative estimate of drug-likeness (QED) is 0.00889. The average molecular weight is 1710 g/mol. The first-order valence-electron chi connectivity index (χ1n) is 47.9. The molecule has 18 unspecified atom stereocenters. The third-order valence-electron chi connectivity index (χ3n) is 23.5. The Hall–Kier alpha value is -2.79. The van der Waals surface area contributed by atoms with Gasteiger partial charge in [0.1, 0.15) is 92.6 Å². The summed E-state index contributed by atoms with van der Waals surface area (Å²) in [5, 5.41) is 102. The highest BCUT2D eigenvalue weighted by Gasteiger charge is 2.60. The zero-order valence-corrected chi connectivity index (χ0v) is 74.9. The van der Waals surface area contributed by atoms with E-state index in [0.29, 0.717) is 32.1 Å². The van der Waals surface area contributed by atoms with Crippen molar-refractivity contribution in [2.24, 2.45) is 0 Å². The second-order valence-corrected chi connectivity index (χ2v) is 35.6. The Morgan fingerprint density at radius 1 is 0.331 bits per heavy atom. The van der Waals surface area contributed by atoms with Gasteiger partial charge in [-0.25, -0.2) is 4.57 Å². The first-order valence-corrected chi connectivity index (χ1v) is 49.4. The van der Waals surface area contributed by atoms with E-state index in [9.17, 15) is 74.6 Å². The van der Waals surface area contributed by atoms with Crippen molar-refractivity contribution in [2.45, 2.75) is 524 Å². The molecule has 0 aromatic rings. The number of aliphatic hydroxyl groups excluding tert-OH is 9. The predicted octanol–water partition coefficient (Wildman–Crippen LogP) is 17.9. The fourth-order valence-corrected chi connectivity index (χ4v) is 16.9. The van der Waals surface area contributed by atoms with E-state index in [4.69, 9.17) is 46.9 Å². The summed E-state index contributed by atoms with van der Waals surface area (Å²) in [4.78, 5) is 66.5. The molecule has 18 atom stereocenters. The van der Waals surface area contributed by atoms with E-state index >= 15 is 0 Å². The van der Waals surface area contributed by atoms with Gasteiger partial charge in [0.2, 0.25) is 0 Å². The Kier molecular flexibility index (Phi) is 66.2. The van der Waals surface area contributed by atoms with Gasteiger partial charge in [0.15, 0.2) is 24.8 Å². The number of carbonyl (C=O) groups is 4. The number of carbonyl (C=O) groups excluding carboxylic acids is 4. The maximum absolute atomic E-state index is 14.9. The Bertz CT molecular complexity index is 2500. The third-order valence-corrected chi connectivity index (χ3v) is 24.5. The molecule has 0 spiro atoms. The number of aliphatic hydroxyl groups is 9. The number of unbranched alkanes of at least 4 members (excludes halogenated alkanes) is 52. The lowest BCUT2D eigenvalue weighted by molar-refractivity contribution is -0.360. The van der Waals surface area contributed by atoms with Crippen molar-refractivity contribution in [2.75, 3.05) is 26.4 Å². The molecule has 1 saturated carbocycles. The van der Waals surface area contributed by atoms with Crippen molar-refractivity contribution in [1.29, 1.82) is 0 Å². The molecule has 0 bridgehead atoms. The van der Waals surface area contributed by atoms with Crippen molar-refractivity contribution in [3.8, 4) is 0 Å². The number of rotatable bonds is 78. The van der Waals surface area contributed by atoms with E-state index in [-0.39, 0.29) is 25.7 Å². The molecule has 118 heavy (non-hydrogen) atoms. The summed E-state index contributed by atoms with van der Waals surface area (Å²) in [5.41, 5.74) is 0. The van der Waals surface area contributed by atoms with Gasteiger partial charge in [-0.2, -0.15) is 0 Å². The van der Waals surface area contributed by atoms with Crippen LogP contribution in [-0.4, -0.2) is 205 Å². The lowest BCUT2D eigenvalue weighted by atomic mass is 9.84. The smallest absolute Gasteiger partial charge is 0.463 e. The van der Waals surface area contributed by atoms with Gasteiger partial charge in [0.05, 0.1) is 13.2 Å². The molecule has 1 aliphatic carbocycles. The lowest BCUT2D eigenvalue weighted by Crippen LogP contribution is -2.70. The first-order chi connectivity index (χ1) is 57.2. The van der Waals surface area contributed by atoms with Crippen molar-refractivity contribution in [3.05, 3.63) is 12.2 Å². The molecule has 0 amide bonds. The van der Waals surface area contributed by atoms with Crippen LogP contribution in [0.1, 0.15) is 419 Å². The van der Waals surface area contributed by atoms with Crippen molar-refractivity contribution >= 4 is 31.7 Å². The fourth-order valence-electron chi connectivity index (χ4n) is 15.9. The van der Waals surface area contributed by atoms with E-state index in [2.05, 4.69) is 39.8 Å². The van der Waals surface area contributed by atoms with E-state index in [1.165, 1.54) is 186 Å². The summed E-state index contributed by atoms with van der Waals surface area (Å²) < 4.78 is 73.5. The minimum atomic E-state index is -5.80. The summed E-state index contributed by atoms with van der Waals surface area (Å²) >= 11 is 0. The van der Waals surface area contributed by atoms with Gasteiger partial charge in [0, 0.05) is 25.7 Å². The topological polar surface area (TPSA) is 380 Å². The minimum Gasteiger partial charge on any atom is -0.463 e. The maximum Gasteiger partial charge on any atom is 0.472 e. The van der Waals surface area contributed by atoms with Gasteiger partial charge < -0.3 is 88.7 Å². The molecule has 2 heterocycles. The van der Waals surface area contributed by atoms with Crippen LogP contribution in [0, 0.1) is 0 Å². The molecule has 3 aliphatic rings. The Labute approximate surface area is 712 Å². The SMILES string of the molecule is CCCCCC/C=C\CCCCCCCCCC(=O)OCC1OC(OC2C(OC(=O)CCCCCCCCCCCCCCCCCC)C(O)C(O)C(OC3OC(CO)C(O)C(O)C3O)C2OP(=O)(O)OCC(COC(=O)CCCCCCCCCCCCCCC)OC(=O)CCCCCCCCCCCCCCCCC)C(O)C(O)C1O. The Morgan fingerprint density at radius 3 is 1.02 bits per heavy atom. The van der Waals surface area contributed by atoms with E-state index in [0.717, 1.165) is 148 Å². The molecule has 2 saturated heterocycles. The normalized spacial score (nSPS) is 24.9. The third kappa shape index (κ3) is 51.0. The number of esters is 4. The number of hydrogen-bond donors (Lipinski definition) is 10. The van der Waals surface area contributed by atoms with Gasteiger partial charge in [-0.1, -0.05) is 354 Å². The molecular weight excluding hydrogens is 1540 g/mol. The maximum atomic E-state index is 14.9. The predicted molar refractivity (Wildman–Crippen MR) is 458 cm³/mol. The summed E-state index contributed by atoms with van der Waals surface area (Å²) in [7, 11) is -5.80. The molecule has 10 N–H and O–H groups in total. The molecule has 0 radical (unpaired) electrons. The number of phosphoric acid groups is 1. The summed E-state index contributed by atoms with van der Waals surface area (Å²) in [6.45, 7) is 5.62. The molecule has 0 aromatic carbocycles. The Balaban J connectivity index is 1.91. The Morgan fingerprint density at radius 2 is 0.636 bits per heavy atom. The average Bonchev–Trinajstić information content (AvgIpc) is 0.756. The second kappa shape index (κ2) is 71.4. The van der Waals surface area contributed by atoms with Gasteiger partial charge >= 0.3 is 31.7 Å². The minimum absolute atomic E-state index is 0.0112. The number of phosphoric ester groups is 1. The molecule has 0 aromatic heterocycles. The van der Waals surface area contributed by atoms with Crippen LogP contribution in [0.2, 0.25) is 0 Å². The van der Waals surface area contributed by atoms with Gasteiger partial charge in [-0.3, -0.25) is 28.2 Å². The molecule has 2 aliphatic heterocycles. The summed E-state index contributed by atoms with van der Waals surface area (Å²) in [5.74, 6) is -2.95. The van der Waals surface area contributed by atoms with Crippen LogP contribution in [0.25, 0.3) is 0 Å². The highest BCUT2D eigenvalue weighted by Crippen LogP contribution is 2.49. The standard InChI is InChI=1S/C92H171O25P/c1-5-9-13-17-21-25-29-33-36-39-43-47-51-55-59-63-67-78(97)114-87-83(102)84(103)88(115-91-85(104)81(100)79(98)73(68-93)112-91)90(89(87)116-92-86(105)82(101)80(99)74(113-92)71-109-76(95)65-61-57-53-49-45-41-37-34-30-26-22-18-14-10-6-2)117-118(106,107)110-70-72(69-108-75(94)64-60-56-52-48-44-40-32-28-24-20-16-12-8-4)111-77(96)66-62-58-54-50-46-42-38-35-31-27-23-19-15-11-7-3/h26,30,72-74,79-93,98-105H,5-25,27-29,31-71H2,1-4H3,(H,106,107)/b30-26-. The van der Waals surface area contributed by atoms with Gasteiger partial charge in [-0.15, -0.1) is 0 Å².